The first-order valence-electron chi connectivity index (χ1n) is 4.45. The highest BCUT2D eigenvalue weighted by atomic mass is 35.5. The Morgan fingerprint density at radius 3 is 2.93 bits per heavy atom. The van der Waals surface area contributed by atoms with Gasteiger partial charge in [0.25, 0.3) is 0 Å². The van der Waals surface area contributed by atoms with Crippen LogP contribution in [0.4, 0.5) is 5.82 Å². The van der Waals surface area contributed by atoms with Crippen LogP contribution in [0.15, 0.2) is 17.4 Å². The van der Waals surface area contributed by atoms with Gasteiger partial charge in [-0.1, -0.05) is 16.8 Å². The van der Waals surface area contributed by atoms with E-state index in [-0.39, 0.29) is 5.84 Å². The van der Waals surface area contributed by atoms with Crippen molar-refractivity contribution in [1.82, 2.24) is 4.98 Å². The van der Waals surface area contributed by atoms with Gasteiger partial charge in [-0.05, 0) is 13.0 Å². The van der Waals surface area contributed by atoms with E-state index >= 15 is 0 Å². The van der Waals surface area contributed by atoms with E-state index in [9.17, 15) is 0 Å². The summed E-state index contributed by atoms with van der Waals surface area (Å²) in [7, 11) is 1.87. The van der Waals surface area contributed by atoms with Gasteiger partial charge in [0.15, 0.2) is 5.84 Å². The Bertz CT molecular complexity index is 380. The van der Waals surface area contributed by atoms with Crippen LogP contribution >= 0.6 is 11.6 Å². The van der Waals surface area contributed by atoms with Gasteiger partial charge in [0.1, 0.15) is 5.82 Å². The molecule has 1 heterocycles. The number of hydrogen-bond donors (Lipinski definition) is 2. The summed E-state index contributed by atoms with van der Waals surface area (Å²) in [5, 5.41) is 11.9. The van der Waals surface area contributed by atoms with E-state index in [2.05, 4.69) is 10.1 Å². The molecule has 5 nitrogen and oxygen atoms in total. The second-order valence-electron chi connectivity index (χ2n) is 3.00. The van der Waals surface area contributed by atoms with Crippen LogP contribution in [0.1, 0.15) is 12.5 Å². The van der Waals surface area contributed by atoms with E-state index < -0.39 is 0 Å². The zero-order valence-corrected chi connectivity index (χ0v) is 9.36. The number of nitrogens with zero attached hydrogens (tertiary/aromatic N) is 3. The van der Waals surface area contributed by atoms with Crippen LogP contribution in [-0.4, -0.2) is 29.6 Å². The SMILES string of the molecule is CCN(C)c1nccc(/C(N)=N/O)c1Cl. The Hall–Kier alpha value is -1.49. The summed E-state index contributed by atoms with van der Waals surface area (Å²) in [6.07, 6.45) is 1.57. The molecule has 0 aliphatic rings. The number of hydrogen-bond acceptors (Lipinski definition) is 4. The van der Waals surface area contributed by atoms with Gasteiger partial charge in [-0.3, -0.25) is 0 Å². The summed E-state index contributed by atoms with van der Waals surface area (Å²) in [6.45, 7) is 2.75. The number of halogens is 1. The van der Waals surface area contributed by atoms with Crippen molar-refractivity contribution >= 4 is 23.3 Å². The average molecular weight is 229 g/mol. The highest BCUT2D eigenvalue weighted by molar-refractivity contribution is 6.36. The zero-order valence-electron chi connectivity index (χ0n) is 8.61. The molecule has 1 aromatic heterocycles. The van der Waals surface area contributed by atoms with Crippen LogP contribution in [-0.2, 0) is 0 Å². The van der Waals surface area contributed by atoms with Crippen molar-refractivity contribution in [1.29, 1.82) is 0 Å². The molecule has 1 aromatic rings. The Balaban J connectivity index is 3.23. The monoisotopic (exact) mass is 228 g/mol. The van der Waals surface area contributed by atoms with E-state index in [1.165, 1.54) is 0 Å². The smallest absolute Gasteiger partial charge is 0.171 e. The summed E-state index contributed by atoms with van der Waals surface area (Å²) < 4.78 is 0. The summed E-state index contributed by atoms with van der Waals surface area (Å²) >= 11 is 6.08. The topological polar surface area (TPSA) is 74.7 Å². The van der Waals surface area contributed by atoms with Gasteiger partial charge < -0.3 is 15.8 Å². The molecular weight excluding hydrogens is 216 g/mol. The normalized spacial score (nSPS) is 11.5. The lowest BCUT2D eigenvalue weighted by Crippen LogP contribution is -2.20. The minimum absolute atomic E-state index is 0.0202. The van der Waals surface area contributed by atoms with Crippen molar-refractivity contribution < 1.29 is 5.21 Å². The van der Waals surface area contributed by atoms with Gasteiger partial charge in [-0.15, -0.1) is 0 Å². The van der Waals surface area contributed by atoms with Gasteiger partial charge in [0.2, 0.25) is 0 Å². The molecular formula is C9H13ClN4O. The fourth-order valence-electron chi connectivity index (χ4n) is 1.10. The fourth-order valence-corrected chi connectivity index (χ4v) is 1.45. The lowest BCUT2D eigenvalue weighted by Gasteiger charge is -2.17. The molecule has 0 amide bonds. The van der Waals surface area contributed by atoms with Gasteiger partial charge in [0.05, 0.1) is 5.02 Å². The molecule has 0 saturated heterocycles. The van der Waals surface area contributed by atoms with E-state index in [1.54, 1.807) is 12.3 Å². The third-order valence-electron chi connectivity index (χ3n) is 2.09. The molecule has 0 aliphatic heterocycles. The molecule has 3 N–H and O–H groups in total. The summed E-state index contributed by atoms with van der Waals surface area (Å²) in [5.41, 5.74) is 5.95. The lowest BCUT2D eigenvalue weighted by atomic mass is 10.2. The standard InChI is InChI=1S/C9H13ClN4O/c1-3-14(2)9-7(10)6(4-5-12-9)8(11)13-15/h4-5,15H,3H2,1-2H3,(H2,11,13). The van der Waals surface area contributed by atoms with E-state index in [1.807, 2.05) is 18.9 Å². The predicted octanol–water partition coefficient (Wildman–Crippen LogP) is 1.29. The van der Waals surface area contributed by atoms with Gasteiger partial charge >= 0.3 is 0 Å². The van der Waals surface area contributed by atoms with Crippen LogP contribution < -0.4 is 10.6 Å². The Morgan fingerprint density at radius 1 is 1.73 bits per heavy atom. The maximum Gasteiger partial charge on any atom is 0.171 e. The second kappa shape index (κ2) is 4.84. The molecule has 0 spiro atoms. The second-order valence-corrected chi connectivity index (χ2v) is 3.37. The molecule has 0 atom stereocenters. The number of nitrogens with two attached hydrogens (primary N) is 1. The van der Waals surface area contributed by atoms with E-state index in [4.69, 9.17) is 22.5 Å². The molecule has 0 bridgehead atoms. The fraction of sp³-hybridized carbons (Fsp3) is 0.333. The quantitative estimate of drug-likeness (QED) is 0.354. The Labute approximate surface area is 93.2 Å². The minimum Gasteiger partial charge on any atom is -0.409 e. The first-order chi connectivity index (χ1) is 7.11. The summed E-state index contributed by atoms with van der Waals surface area (Å²) in [6, 6.07) is 1.60. The number of amidine groups is 1. The van der Waals surface area contributed by atoms with Gasteiger partial charge in [-0.25, -0.2) is 4.98 Å². The van der Waals surface area contributed by atoms with Crippen molar-refractivity contribution in [2.24, 2.45) is 10.9 Å². The van der Waals surface area contributed by atoms with E-state index in [0.29, 0.717) is 16.4 Å². The third kappa shape index (κ3) is 2.30. The van der Waals surface area contributed by atoms with Crippen molar-refractivity contribution in [2.45, 2.75) is 6.92 Å². The van der Waals surface area contributed by atoms with Crippen LogP contribution in [0.5, 0.6) is 0 Å². The Kier molecular flexibility index (Phi) is 3.74. The average Bonchev–Trinajstić information content (AvgIpc) is 2.27. The largest absolute Gasteiger partial charge is 0.409 e. The Morgan fingerprint density at radius 2 is 2.40 bits per heavy atom. The van der Waals surface area contributed by atoms with Crippen LogP contribution in [0.3, 0.4) is 0 Å². The molecule has 15 heavy (non-hydrogen) atoms. The van der Waals surface area contributed by atoms with Crippen molar-refractivity contribution in [2.75, 3.05) is 18.5 Å². The zero-order chi connectivity index (χ0) is 11.4. The predicted molar refractivity (Wildman–Crippen MR) is 60.7 cm³/mol. The molecule has 0 aromatic carbocycles. The van der Waals surface area contributed by atoms with E-state index in [0.717, 1.165) is 6.54 Å². The lowest BCUT2D eigenvalue weighted by molar-refractivity contribution is 0.318. The molecule has 0 aliphatic carbocycles. The molecule has 6 heteroatoms. The number of oxime groups is 1. The highest BCUT2D eigenvalue weighted by Gasteiger charge is 2.12. The minimum atomic E-state index is -0.0202. The molecule has 82 valence electrons. The molecule has 0 radical (unpaired) electrons. The first kappa shape index (κ1) is 11.6. The highest BCUT2D eigenvalue weighted by Crippen LogP contribution is 2.25. The maximum absolute atomic E-state index is 8.57. The molecule has 0 unspecified atom stereocenters. The molecule has 0 fully saturated rings. The number of aromatic nitrogens is 1. The maximum atomic E-state index is 8.57. The van der Waals surface area contributed by atoms with Crippen molar-refractivity contribution in [3.63, 3.8) is 0 Å². The van der Waals surface area contributed by atoms with Crippen molar-refractivity contribution in [3.8, 4) is 0 Å². The van der Waals surface area contributed by atoms with Gasteiger partial charge in [-0.2, -0.15) is 0 Å². The third-order valence-corrected chi connectivity index (χ3v) is 2.46. The first-order valence-corrected chi connectivity index (χ1v) is 4.83. The van der Waals surface area contributed by atoms with Crippen LogP contribution in [0, 0.1) is 0 Å². The number of rotatable bonds is 3. The summed E-state index contributed by atoms with van der Waals surface area (Å²) in [5.74, 6) is 0.594. The summed E-state index contributed by atoms with van der Waals surface area (Å²) in [4.78, 5) is 6.00. The number of pyridine rings is 1. The number of anilines is 1. The van der Waals surface area contributed by atoms with Gasteiger partial charge in [0, 0.05) is 25.4 Å². The molecule has 1 rings (SSSR count). The van der Waals surface area contributed by atoms with Crippen molar-refractivity contribution in [3.05, 3.63) is 22.8 Å². The van der Waals surface area contributed by atoms with Crippen LogP contribution in [0.2, 0.25) is 5.02 Å². The molecule has 0 saturated carbocycles. The van der Waals surface area contributed by atoms with Crippen LogP contribution in [0.25, 0.3) is 0 Å².